The van der Waals surface area contributed by atoms with Gasteiger partial charge in [-0.2, -0.15) is 0 Å². The predicted molar refractivity (Wildman–Crippen MR) is 111 cm³/mol. The number of carbonyl (C=O) groups is 1. The molecular weight excluding hydrogens is 378 g/mol. The number of hydrogen-bond acceptors (Lipinski definition) is 4. The maximum absolute atomic E-state index is 13.1. The molecule has 0 radical (unpaired) electrons. The molecule has 0 bridgehead atoms. The summed E-state index contributed by atoms with van der Waals surface area (Å²) < 4.78 is 32.7. The SMILES string of the molecule is C[C@@H](C[C@@H]1NC(=O)CC[C@@H]1S(=O)(=O)c1ccccc1)O[Si](C)(C)C(C)(C)C. The molecular formula is C20H33NO4SSi. The Balaban J connectivity index is 2.20. The van der Waals surface area contributed by atoms with Crippen molar-refractivity contribution in [1.82, 2.24) is 5.32 Å². The molecule has 1 N–H and O–H groups in total. The fraction of sp³-hybridized carbons (Fsp3) is 0.650. The third kappa shape index (κ3) is 5.21. The van der Waals surface area contributed by atoms with Gasteiger partial charge in [0.2, 0.25) is 5.91 Å². The van der Waals surface area contributed by atoms with Gasteiger partial charge in [-0.05, 0) is 50.0 Å². The first-order chi connectivity index (χ1) is 12.3. The maximum Gasteiger partial charge on any atom is 0.220 e. The van der Waals surface area contributed by atoms with Crippen LogP contribution < -0.4 is 5.32 Å². The standard InChI is InChI=1S/C20H33NO4SSi/c1-15(25-27(5,6)20(2,3)4)14-17-18(12-13-19(22)21-17)26(23,24)16-10-8-7-9-11-16/h7-11,15,17-18H,12-14H2,1-6H3,(H,21,22)/t15-,17-,18-/m0/s1. The molecule has 2 rings (SSSR count). The molecule has 3 atom stereocenters. The van der Waals surface area contributed by atoms with Crippen LogP contribution in [0.3, 0.4) is 0 Å². The van der Waals surface area contributed by atoms with Crippen molar-refractivity contribution in [2.24, 2.45) is 0 Å². The van der Waals surface area contributed by atoms with Crippen molar-refractivity contribution in [3.05, 3.63) is 30.3 Å². The first-order valence-corrected chi connectivity index (χ1v) is 14.1. The highest BCUT2D eigenvalue weighted by molar-refractivity contribution is 7.92. The Morgan fingerprint density at radius 2 is 1.81 bits per heavy atom. The molecule has 1 heterocycles. The van der Waals surface area contributed by atoms with Crippen molar-refractivity contribution < 1.29 is 17.6 Å². The smallest absolute Gasteiger partial charge is 0.220 e. The summed E-state index contributed by atoms with van der Waals surface area (Å²) in [5, 5.41) is 2.37. The molecule has 1 amide bonds. The lowest BCUT2D eigenvalue weighted by Gasteiger charge is -2.40. The highest BCUT2D eigenvalue weighted by atomic mass is 32.2. The monoisotopic (exact) mass is 411 g/mol. The number of nitrogens with one attached hydrogen (secondary N) is 1. The summed E-state index contributed by atoms with van der Waals surface area (Å²) in [5.74, 6) is -0.0842. The van der Waals surface area contributed by atoms with Crippen molar-refractivity contribution in [1.29, 1.82) is 0 Å². The van der Waals surface area contributed by atoms with Crippen LogP contribution in [0.15, 0.2) is 35.2 Å². The Hall–Kier alpha value is -1.18. The Morgan fingerprint density at radius 1 is 1.22 bits per heavy atom. The second-order valence-corrected chi connectivity index (χ2v) is 16.0. The normalized spacial score (nSPS) is 23.0. The fourth-order valence-corrected chi connectivity index (χ4v) is 6.68. The van der Waals surface area contributed by atoms with Crippen LogP contribution in [0, 0.1) is 0 Å². The molecule has 7 heteroatoms. The van der Waals surface area contributed by atoms with Crippen LogP contribution in [0.5, 0.6) is 0 Å². The quantitative estimate of drug-likeness (QED) is 0.721. The second-order valence-electron chi connectivity index (χ2n) is 9.03. The Kier molecular flexibility index (Phi) is 6.59. The number of amides is 1. The topological polar surface area (TPSA) is 72.5 Å². The largest absolute Gasteiger partial charge is 0.414 e. The minimum Gasteiger partial charge on any atom is -0.414 e. The van der Waals surface area contributed by atoms with Gasteiger partial charge in [0.25, 0.3) is 0 Å². The molecule has 0 saturated carbocycles. The van der Waals surface area contributed by atoms with Gasteiger partial charge in [0, 0.05) is 18.6 Å². The predicted octanol–water partition coefficient (Wildman–Crippen LogP) is 3.91. The van der Waals surface area contributed by atoms with Gasteiger partial charge in [-0.15, -0.1) is 0 Å². The highest BCUT2D eigenvalue weighted by Gasteiger charge is 2.42. The van der Waals surface area contributed by atoms with Gasteiger partial charge in [0.05, 0.1) is 10.1 Å². The van der Waals surface area contributed by atoms with Crippen LogP contribution in [0.4, 0.5) is 0 Å². The minimum absolute atomic E-state index is 0.0760. The summed E-state index contributed by atoms with van der Waals surface area (Å²) in [6.07, 6.45) is 0.961. The molecule has 0 aromatic heterocycles. The maximum atomic E-state index is 13.1. The molecule has 1 aliphatic rings. The van der Waals surface area contributed by atoms with Gasteiger partial charge >= 0.3 is 0 Å². The molecule has 0 aliphatic carbocycles. The van der Waals surface area contributed by atoms with Gasteiger partial charge in [0.1, 0.15) is 0 Å². The van der Waals surface area contributed by atoms with Crippen LogP contribution in [-0.4, -0.2) is 40.0 Å². The summed E-state index contributed by atoms with van der Waals surface area (Å²) in [5.41, 5.74) is 0. The molecule has 5 nitrogen and oxygen atoms in total. The minimum atomic E-state index is -3.51. The first kappa shape index (κ1) is 22.1. The zero-order valence-electron chi connectivity index (χ0n) is 17.3. The van der Waals surface area contributed by atoms with E-state index in [9.17, 15) is 13.2 Å². The number of carbonyl (C=O) groups excluding carboxylic acids is 1. The highest BCUT2D eigenvalue weighted by Crippen LogP contribution is 2.38. The summed E-state index contributed by atoms with van der Waals surface area (Å²) in [4.78, 5) is 12.3. The van der Waals surface area contributed by atoms with Crippen LogP contribution in [0.2, 0.25) is 18.1 Å². The molecule has 1 aromatic rings. The van der Waals surface area contributed by atoms with E-state index in [-0.39, 0.29) is 23.5 Å². The van der Waals surface area contributed by atoms with Crippen LogP contribution >= 0.6 is 0 Å². The average molecular weight is 412 g/mol. The van der Waals surface area contributed by atoms with Crippen molar-refractivity contribution in [2.75, 3.05) is 0 Å². The van der Waals surface area contributed by atoms with E-state index in [4.69, 9.17) is 4.43 Å². The number of hydrogen-bond donors (Lipinski definition) is 1. The molecule has 1 fully saturated rings. The van der Waals surface area contributed by atoms with E-state index in [1.807, 2.05) is 6.92 Å². The molecule has 0 spiro atoms. The van der Waals surface area contributed by atoms with Gasteiger partial charge in [-0.3, -0.25) is 4.79 Å². The van der Waals surface area contributed by atoms with E-state index in [1.165, 1.54) is 0 Å². The van der Waals surface area contributed by atoms with Crippen molar-refractivity contribution in [3.63, 3.8) is 0 Å². The number of benzene rings is 1. The van der Waals surface area contributed by atoms with E-state index < -0.39 is 29.4 Å². The Morgan fingerprint density at radius 3 is 2.37 bits per heavy atom. The van der Waals surface area contributed by atoms with E-state index in [1.54, 1.807) is 30.3 Å². The molecule has 1 aliphatic heterocycles. The Labute approximate surface area is 164 Å². The molecule has 152 valence electrons. The summed E-state index contributed by atoms with van der Waals surface area (Å²) in [6.45, 7) is 12.9. The zero-order chi connectivity index (χ0) is 20.5. The van der Waals surface area contributed by atoms with E-state index >= 15 is 0 Å². The summed E-state index contributed by atoms with van der Waals surface area (Å²) in [7, 11) is -5.47. The van der Waals surface area contributed by atoms with Gasteiger partial charge in [0.15, 0.2) is 18.2 Å². The number of piperidine rings is 1. The van der Waals surface area contributed by atoms with Crippen molar-refractivity contribution in [3.8, 4) is 0 Å². The summed E-state index contributed by atoms with van der Waals surface area (Å²) >= 11 is 0. The van der Waals surface area contributed by atoms with E-state index in [2.05, 4.69) is 39.2 Å². The van der Waals surface area contributed by atoms with Crippen LogP contribution in [-0.2, 0) is 19.1 Å². The summed E-state index contributed by atoms with van der Waals surface area (Å²) in [6, 6.07) is 8.07. The van der Waals surface area contributed by atoms with E-state index in [0.717, 1.165) is 0 Å². The van der Waals surface area contributed by atoms with Crippen molar-refractivity contribution in [2.45, 2.75) is 87.4 Å². The Bertz CT molecular complexity index is 756. The lowest BCUT2D eigenvalue weighted by molar-refractivity contribution is -0.123. The van der Waals surface area contributed by atoms with Gasteiger partial charge in [-0.25, -0.2) is 8.42 Å². The number of rotatable bonds is 6. The van der Waals surface area contributed by atoms with E-state index in [0.29, 0.717) is 17.7 Å². The van der Waals surface area contributed by atoms with Gasteiger partial charge in [-0.1, -0.05) is 39.0 Å². The lowest BCUT2D eigenvalue weighted by Crippen LogP contribution is -2.53. The van der Waals surface area contributed by atoms with Crippen LogP contribution in [0.1, 0.15) is 47.0 Å². The molecule has 1 saturated heterocycles. The molecule has 1 aromatic carbocycles. The van der Waals surface area contributed by atoms with Crippen LogP contribution in [0.25, 0.3) is 0 Å². The van der Waals surface area contributed by atoms with Gasteiger partial charge < -0.3 is 9.74 Å². The molecule has 27 heavy (non-hydrogen) atoms. The molecule has 0 unspecified atom stereocenters. The first-order valence-electron chi connectivity index (χ1n) is 9.61. The number of sulfone groups is 1. The average Bonchev–Trinajstić information content (AvgIpc) is 2.53. The second kappa shape index (κ2) is 8.05. The third-order valence-electron chi connectivity index (χ3n) is 5.81. The zero-order valence-corrected chi connectivity index (χ0v) is 19.1. The third-order valence-corrected chi connectivity index (χ3v) is 12.7. The lowest BCUT2D eigenvalue weighted by atomic mass is 9.99. The van der Waals surface area contributed by atoms with Crippen molar-refractivity contribution >= 4 is 24.1 Å². The fourth-order valence-electron chi connectivity index (χ4n) is 3.30.